The molecule has 3 rings (SSSR count). The maximum atomic E-state index is 9.40. The normalized spacial score (nSPS) is 22.4. The summed E-state index contributed by atoms with van der Waals surface area (Å²) in [5.41, 5.74) is 10.3. The van der Waals surface area contributed by atoms with Gasteiger partial charge in [0.05, 0.1) is 39.9 Å². The summed E-state index contributed by atoms with van der Waals surface area (Å²) in [4.78, 5) is 6.51. The average Bonchev–Trinajstić information content (AvgIpc) is 2.86. The van der Waals surface area contributed by atoms with Crippen LogP contribution in [0.1, 0.15) is 13.8 Å². The Kier molecular flexibility index (Phi) is 3.32. The second-order valence-electron chi connectivity index (χ2n) is 5.76. The first-order valence-corrected chi connectivity index (χ1v) is 7.53. The van der Waals surface area contributed by atoms with Crippen LogP contribution in [0.15, 0.2) is 17.6 Å². The number of ether oxygens (including phenoxy) is 1. The summed E-state index contributed by atoms with van der Waals surface area (Å²) in [7, 11) is 0. The van der Waals surface area contributed by atoms with Crippen LogP contribution in [0.25, 0.3) is 10.2 Å². The quantitative estimate of drug-likeness (QED) is 0.827. The number of anilines is 2. The van der Waals surface area contributed by atoms with Crippen molar-refractivity contribution < 1.29 is 9.84 Å². The summed E-state index contributed by atoms with van der Waals surface area (Å²) in [5, 5.41) is 9.40. The summed E-state index contributed by atoms with van der Waals surface area (Å²) in [5.74, 6) is 0. The van der Waals surface area contributed by atoms with Gasteiger partial charge in [-0.1, -0.05) is 0 Å². The van der Waals surface area contributed by atoms with Crippen molar-refractivity contribution >= 4 is 32.9 Å². The van der Waals surface area contributed by atoms with Crippen molar-refractivity contribution in [3.05, 3.63) is 17.6 Å². The second kappa shape index (κ2) is 4.87. The minimum atomic E-state index is -0.310. The first kappa shape index (κ1) is 13.6. The van der Waals surface area contributed by atoms with Crippen LogP contribution in [0.2, 0.25) is 0 Å². The van der Waals surface area contributed by atoms with E-state index >= 15 is 0 Å². The molecule has 1 aliphatic rings. The Labute approximate surface area is 122 Å². The third kappa shape index (κ3) is 2.34. The summed E-state index contributed by atoms with van der Waals surface area (Å²) in [6.45, 7) is 5.45. The molecule has 0 bridgehead atoms. The lowest BCUT2D eigenvalue weighted by Gasteiger charge is -2.43. The van der Waals surface area contributed by atoms with Crippen LogP contribution in [0, 0.1) is 0 Å². The highest BCUT2D eigenvalue weighted by Gasteiger charge is 2.34. The number of fused-ring (bicyclic) bond motifs is 1. The highest BCUT2D eigenvalue weighted by molar-refractivity contribution is 7.16. The number of aliphatic hydroxyl groups is 1. The van der Waals surface area contributed by atoms with Gasteiger partial charge in [-0.2, -0.15) is 0 Å². The molecule has 1 fully saturated rings. The minimum absolute atomic E-state index is 0.0127. The van der Waals surface area contributed by atoms with Crippen LogP contribution in [0.3, 0.4) is 0 Å². The van der Waals surface area contributed by atoms with Gasteiger partial charge >= 0.3 is 0 Å². The van der Waals surface area contributed by atoms with Gasteiger partial charge in [0.25, 0.3) is 0 Å². The van der Waals surface area contributed by atoms with E-state index in [-0.39, 0.29) is 18.3 Å². The molecule has 6 heteroatoms. The van der Waals surface area contributed by atoms with E-state index in [4.69, 9.17) is 10.5 Å². The topological polar surface area (TPSA) is 71.6 Å². The van der Waals surface area contributed by atoms with E-state index in [9.17, 15) is 5.11 Å². The number of benzene rings is 1. The minimum Gasteiger partial charge on any atom is -0.395 e. The van der Waals surface area contributed by atoms with Gasteiger partial charge in [0.2, 0.25) is 0 Å². The van der Waals surface area contributed by atoms with E-state index in [1.54, 1.807) is 11.3 Å². The summed E-state index contributed by atoms with van der Waals surface area (Å²) < 4.78 is 6.94. The van der Waals surface area contributed by atoms with Gasteiger partial charge in [-0.05, 0) is 26.0 Å². The fourth-order valence-electron chi connectivity index (χ4n) is 2.79. The number of morpholine rings is 1. The largest absolute Gasteiger partial charge is 0.395 e. The highest BCUT2D eigenvalue weighted by Crippen LogP contribution is 2.35. The number of nitrogen functional groups attached to an aromatic ring is 1. The monoisotopic (exact) mass is 293 g/mol. The number of aromatic nitrogens is 1. The zero-order valence-corrected chi connectivity index (χ0v) is 12.5. The average molecular weight is 293 g/mol. The number of nitrogens with zero attached hydrogens (tertiary/aromatic N) is 2. The van der Waals surface area contributed by atoms with Gasteiger partial charge in [0, 0.05) is 13.1 Å². The van der Waals surface area contributed by atoms with Gasteiger partial charge in [-0.15, -0.1) is 11.3 Å². The van der Waals surface area contributed by atoms with Crippen molar-refractivity contribution in [2.24, 2.45) is 0 Å². The van der Waals surface area contributed by atoms with E-state index < -0.39 is 0 Å². The van der Waals surface area contributed by atoms with Crippen molar-refractivity contribution in [2.75, 3.05) is 30.3 Å². The molecular weight excluding hydrogens is 274 g/mol. The molecule has 0 aliphatic carbocycles. The van der Waals surface area contributed by atoms with Gasteiger partial charge < -0.3 is 20.5 Å². The maximum Gasteiger partial charge on any atom is 0.106 e. The molecule has 0 amide bonds. The molecule has 5 nitrogen and oxygen atoms in total. The van der Waals surface area contributed by atoms with Crippen LogP contribution in [0.4, 0.5) is 11.4 Å². The Balaban J connectivity index is 1.99. The van der Waals surface area contributed by atoms with Gasteiger partial charge in [-0.25, -0.2) is 4.98 Å². The Bertz CT molecular complexity index is 626. The first-order valence-electron chi connectivity index (χ1n) is 6.65. The Morgan fingerprint density at radius 2 is 2.35 bits per heavy atom. The van der Waals surface area contributed by atoms with Crippen molar-refractivity contribution in [2.45, 2.75) is 25.6 Å². The predicted octanol–water partition coefficient (Wildman–Crippen LogP) is 1.85. The zero-order chi connectivity index (χ0) is 14.3. The molecule has 1 saturated heterocycles. The third-order valence-electron chi connectivity index (χ3n) is 3.54. The number of thiazole rings is 1. The van der Waals surface area contributed by atoms with Crippen molar-refractivity contribution in [1.29, 1.82) is 0 Å². The molecule has 2 aromatic rings. The molecule has 2 heterocycles. The number of rotatable bonds is 2. The summed E-state index contributed by atoms with van der Waals surface area (Å²) in [6.07, 6.45) is -0.190. The van der Waals surface area contributed by atoms with Gasteiger partial charge in [0.15, 0.2) is 0 Å². The molecule has 0 spiro atoms. The first-order chi connectivity index (χ1) is 9.50. The molecule has 1 atom stereocenters. The number of aliphatic hydroxyl groups excluding tert-OH is 1. The molecule has 1 unspecified atom stereocenters. The van der Waals surface area contributed by atoms with E-state index in [2.05, 4.69) is 16.0 Å². The molecule has 0 radical (unpaired) electrons. The van der Waals surface area contributed by atoms with E-state index in [1.165, 1.54) is 0 Å². The molecule has 1 aromatic carbocycles. The van der Waals surface area contributed by atoms with Gasteiger partial charge in [0.1, 0.15) is 5.52 Å². The Morgan fingerprint density at radius 1 is 1.55 bits per heavy atom. The molecule has 1 aliphatic heterocycles. The maximum absolute atomic E-state index is 9.40. The van der Waals surface area contributed by atoms with Crippen LogP contribution in [-0.4, -0.2) is 41.5 Å². The second-order valence-corrected chi connectivity index (χ2v) is 6.65. The number of hydrogen-bond acceptors (Lipinski definition) is 6. The number of nitrogens with two attached hydrogens (primary N) is 1. The van der Waals surface area contributed by atoms with Crippen molar-refractivity contribution in [3.63, 3.8) is 0 Å². The molecule has 108 valence electrons. The standard InChI is InChI=1S/C14H19N3O2S/c1-14(2)7-17(5-9(6-18)19-14)10-3-4-11-13(12(10)15)16-8-20-11/h3-4,8-9,18H,5-7,15H2,1-2H3. The highest BCUT2D eigenvalue weighted by atomic mass is 32.1. The lowest BCUT2D eigenvalue weighted by Crippen LogP contribution is -2.54. The van der Waals surface area contributed by atoms with E-state index in [0.717, 1.165) is 22.4 Å². The smallest absolute Gasteiger partial charge is 0.106 e. The molecule has 3 N–H and O–H groups in total. The summed E-state index contributed by atoms with van der Waals surface area (Å²) >= 11 is 1.59. The predicted molar refractivity (Wildman–Crippen MR) is 82.3 cm³/mol. The molecule has 0 saturated carbocycles. The lowest BCUT2D eigenvalue weighted by molar-refractivity contribution is -0.100. The van der Waals surface area contributed by atoms with Crippen LogP contribution in [0.5, 0.6) is 0 Å². The van der Waals surface area contributed by atoms with Crippen LogP contribution >= 0.6 is 11.3 Å². The Hall–Kier alpha value is -1.37. The van der Waals surface area contributed by atoms with Crippen molar-refractivity contribution in [3.8, 4) is 0 Å². The van der Waals surface area contributed by atoms with Crippen LogP contribution in [-0.2, 0) is 4.74 Å². The lowest BCUT2D eigenvalue weighted by atomic mass is 10.0. The molecule has 20 heavy (non-hydrogen) atoms. The zero-order valence-electron chi connectivity index (χ0n) is 11.7. The van der Waals surface area contributed by atoms with Crippen molar-refractivity contribution in [1.82, 2.24) is 4.98 Å². The van der Waals surface area contributed by atoms with E-state index in [1.807, 2.05) is 25.4 Å². The SMILES string of the molecule is CC1(C)CN(c2ccc3scnc3c2N)CC(CO)O1. The molecular formula is C14H19N3O2S. The van der Waals surface area contributed by atoms with Gasteiger partial charge in [-0.3, -0.25) is 0 Å². The molecule has 1 aromatic heterocycles. The third-order valence-corrected chi connectivity index (χ3v) is 4.34. The Morgan fingerprint density at radius 3 is 3.10 bits per heavy atom. The fourth-order valence-corrected chi connectivity index (χ4v) is 3.48. The van der Waals surface area contributed by atoms with E-state index in [0.29, 0.717) is 12.2 Å². The number of hydrogen-bond donors (Lipinski definition) is 2. The summed E-state index contributed by atoms with van der Waals surface area (Å²) in [6, 6.07) is 4.08. The fraction of sp³-hybridized carbons (Fsp3) is 0.500. The van der Waals surface area contributed by atoms with Crippen LogP contribution < -0.4 is 10.6 Å².